The molecule has 0 bridgehead atoms. The Morgan fingerprint density at radius 3 is 2.79 bits per heavy atom. The zero-order chi connectivity index (χ0) is 13.4. The van der Waals surface area contributed by atoms with Gasteiger partial charge in [0.1, 0.15) is 11.3 Å². The van der Waals surface area contributed by atoms with Crippen molar-refractivity contribution in [1.29, 1.82) is 0 Å². The third-order valence-electron chi connectivity index (χ3n) is 3.45. The summed E-state index contributed by atoms with van der Waals surface area (Å²) >= 11 is 3.65. The van der Waals surface area contributed by atoms with Gasteiger partial charge in [0.25, 0.3) is 0 Å². The summed E-state index contributed by atoms with van der Waals surface area (Å²) in [6.07, 6.45) is 2.00. The summed E-state index contributed by atoms with van der Waals surface area (Å²) in [5.74, 6) is 0.868. The molecule has 0 aliphatic carbocycles. The van der Waals surface area contributed by atoms with Crippen molar-refractivity contribution in [2.75, 3.05) is 0 Å². The monoisotopic (exact) mass is 317 g/mol. The lowest BCUT2D eigenvalue weighted by molar-refractivity contribution is 0.474. The van der Waals surface area contributed by atoms with Crippen molar-refractivity contribution < 1.29 is 4.42 Å². The first-order valence-electron chi connectivity index (χ1n) is 6.57. The van der Waals surface area contributed by atoms with Crippen LogP contribution in [0.2, 0.25) is 0 Å². The van der Waals surface area contributed by atoms with E-state index in [1.807, 2.05) is 12.1 Å². The maximum Gasteiger partial charge on any atom is 0.149 e. The molecule has 98 valence electrons. The molecular weight excluding hydrogens is 302 g/mol. The van der Waals surface area contributed by atoms with E-state index in [0.29, 0.717) is 0 Å². The molecule has 3 aromatic rings. The Balaban J connectivity index is 2.22. The predicted molar refractivity (Wildman–Crippen MR) is 83.3 cm³/mol. The first-order valence-corrected chi connectivity index (χ1v) is 7.36. The van der Waals surface area contributed by atoms with Crippen LogP contribution in [-0.4, -0.2) is 0 Å². The van der Waals surface area contributed by atoms with Gasteiger partial charge >= 0.3 is 0 Å². The maximum absolute atomic E-state index is 6.14. The highest BCUT2D eigenvalue weighted by molar-refractivity contribution is 9.10. The highest BCUT2D eigenvalue weighted by atomic mass is 79.9. The number of fused-ring (bicyclic) bond motifs is 2. The average molecular weight is 318 g/mol. The van der Waals surface area contributed by atoms with Gasteiger partial charge in [0, 0.05) is 5.39 Å². The molecule has 0 aliphatic heterocycles. The predicted octanol–water partition coefficient (Wildman–Crippen LogP) is 5.15. The van der Waals surface area contributed by atoms with Gasteiger partial charge in [-0.05, 0) is 45.3 Å². The van der Waals surface area contributed by atoms with Crippen LogP contribution in [0, 0.1) is 0 Å². The molecule has 19 heavy (non-hydrogen) atoms. The van der Waals surface area contributed by atoms with Gasteiger partial charge in [-0.15, -0.1) is 0 Å². The van der Waals surface area contributed by atoms with E-state index < -0.39 is 0 Å². The highest BCUT2D eigenvalue weighted by Gasteiger charge is 2.14. The molecule has 0 spiro atoms. The smallest absolute Gasteiger partial charge is 0.149 e. The minimum Gasteiger partial charge on any atom is -0.458 e. The minimum atomic E-state index is -0.0209. The molecule has 2 nitrogen and oxygen atoms in total. The molecule has 2 N–H and O–H groups in total. The van der Waals surface area contributed by atoms with Crippen LogP contribution in [0.15, 0.2) is 45.3 Å². The summed E-state index contributed by atoms with van der Waals surface area (Å²) in [6, 6.07) is 12.5. The summed E-state index contributed by atoms with van der Waals surface area (Å²) < 4.78 is 6.96. The summed E-state index contributed by atoms with van der Waals surface area (Å²) in [5, 5.41) is 3.48. The molecular formula is C16H16BrNO. The Kier molecular flexibility index (Phi) is 3.33. The zero-order valence-electron chi connectivity index (χ0n) is 10.8. The van der Waals surface area contributed by atoms with Crippen molar-refractivity contribution in [2.24, 2.45) is 5.73 Å². The highest BCUT2D eigenvalue weighted by Crippen LogP contribution is 2.36. The number of halogens is 1. The van der Waals surface area contributed by atoms with Gasteiger partial charge in [-0.2, -0.15) is 0 Å². The van der Waals surface area contributed by atoms with Gasteiger partial charge in [-0.1, -0.05) is 37.6 Å². The Hall–Kier alpha value is -1.32. The second kappa shape index (κ2) is 4.99. The van der Waals surface area contributed by atoms with Gasteiger partial charge in [0.15, 0.2) is 0 Å². The number of furan rings is 1. The average Bonchev–Trinajstić information content (AvgIpc) is 2.84. The van der Waals surface area contributed by atoms with E-state index in [1.54, 1.807) is 0 Å². The Morgan fingerprint density at radius 2 is 2.00 bits per heavy atom. The SMILES string of the molecule is CCCC(N)c1cc2cc3ccccc3c(Br)c2o1. The normalized spacial score (nSPS) is 13.2. The third-order valence-corrected chi connectivity index (χ3v) is 4.24. The van der Waals surface area contributed by atoms with E-state index in [1.165, 1.54) is 10.8 Å². The molecule has 0 aliphatic rings. The van der Waals surface area contributed by atoms with Crippen LogP contribution in [0.4, 0.5) is 0 Å². The van der Waals surface area contributed by atoms with Crippen LogP contribution in [0.3, 0.4) is 0 Å². The van der Waals surface area contributed by atoms with Crippen LogP contribution in [-0.2, 0) is 0 Å². The van der Waals surface area contributed by atoms with E-state index in [0.717, 1.165) is 34.0 Å². The van der Waals surface area contributed by atoms with E-state index in [2.05, 4.69) is 47.1 Å². The fraction of sp³-hybridized carbons (Fsp3) is 0.250. The number of rotatable bonds is 3. The Morgan fingerprint density at radius 1 is 1.21 bits per heavy atom. The molecule has 0 saturated heterocycles. The molecule has 1 heterocycles. The first kappa shape index (κ1) is 12.7. The Labute approximate surface area is 120 Å². The van der Waals surface area contributed by atoms with Gasteiger partial charge in [0.2, 0.25) is 0 Å². The van der Waals surface area contributed by atoms with Crippen LogP contribution in [0.25, 0.3) is 21.7 Å². The number of benzene rings is 2. The van der Waals surface area contributed by atoms with Gasteiger partial charge in [-0.25, -0.2) is 0 Å². The van der Waals surface area contributed by atoms with Crippen molar-refractivity contribution in [3.63, 3.8) is 0 Å². The lowest BCUT2D eigenvalue weighted by Crippen LogP contribution is -2.08. The van der Waals surface area contributed by atoms with Crippen molar-refractivity contribution in [2.45, 2.75) is 25.8 Å². The molecule has 0 radical (unpaired) electrons. The standard InChI is InChI=1S/C16H16BrNO/c1-2-5-13(18)14-9-11-8-10-6-3-4-7-12(10)15(17)16(11)19-14/h3-4,6-9,13H,2,5,18H2,1H3. The van der Waals surface area contributed by atoms with Crippen molar-refractivity contribution in [1.82, 2.24) is 0 Å². The van der Waals surface area contributed by atoms with Crippen LogP contribution in [0.5, 0.6) is 0 Å². The lowest BCUT2D eigenvalue weighted by atomic mass is 10.1. The molecule has 2 aromatic carbocycles. The second-order valence-electron chi connectivity index (χ2n) is 4.87. The van der Waals surface area contributed by atoms with Crippen molar-refractivity contribution in [3.8, 4) is 0 Å². The Bertz CT molecular complexity index is 732. The van der Waals surface area contributed by atoms with Crippen LogP contribution in [0.1, 0.15) is 31.6 Å². The van der Waals surface area contributed by atoms with E-state index in [9.17, 15) is 0 Å². The fourth-order valence-corrected chi connectivity index (χ4v) is 3.12. The number of nitrogens with two attached hydrogens (primary N) is 1. The molecule has 1 aromatic heterocycles. The maximum atomic E-state index is 6.14. The molecule has 0 amide bonds. The van der Waals surface area contributed by atoms with Crippen LogP contribution < -0.4 is 5.73 Å². The van der Waals surface area contributed by atoms with Crippen LogP contribution >= 0.6 is 15.9 Å². The van der Waals surface area contributed by atoms with E-state index >= 15 is 0 Å². The molecule has 1 atom stereocenters. The summed E-state index contributed by atoms with van der Waals surface area (Å²) in [7, 11) is 0. The third kappa shape index (κ3) is 2.17. The lowest BCUT2D eigenvalue weighted by Gasteiger charge is -2.05. The van der Waals surface area contributed by atoms with E-state index in [4.69, 9.17) is 10.2 Å². The molecule has 1 unspecified atom stereocenters. The zero-order valence-corrected chi connectivity index (χ0v) is 12.4. The summed E-state index contributed by atoms with van der Waals surface area (Å²) in [5.41, 5.74) is 7.02. The molecule has 3 heteroatoms. The second-order valence-corrected chi connectivity index (χ2v) is 5.67. The van der Waals surface area contributed by atoms with Crippen molar-refractivity contribution >= 4 is 37.7 Å². The molecule has 3 rings (SSSR count). The number of hydrogen-bond donors (Lipinski definition) is 1. The fourth-order valence-electron chi connectivity index (χ4n) is 2.45. The quantitative estimate of drug-likeness (QED) is 0.725. The first-order chi connectivity index (χ1) is 9.20. The van der Waals surface area contributed by atoms with Crippen molar-refractivity contribution in [3.05, 3.63) is 46.6 Å². The molecule has 0 saturated carbocycles. The summed E-state index contributed by atoms with van der Waals surface area (Å²) in [6.45, 7) is 2.13. The summed E-state index contributed by atoms with van der Waals surface area (Å²) in [4.78, 5) is 0. The van der Waals surface area contributed by atoms with Gasteiger partial charge in [0.05, 0.1) is 10.5 Å². The van der Waals surface area contributed by atoms with E-state index in [-0.39, 0.29) is 6.04 Å². The largest absolute Gasteiger partial charge is 0.458 e. The van der Waals surface area contributed by atoms with Gasteiger partial charge in [-0.3, -0.25) is 0 Å². The minimum absolute atomic E-state index is 0.0209. The molecule has 0 fully saturated rings. The number of hydrogen-bond acceptors (Lipinski definition) is 2. The topological polar surface area (TPSA) is 39.2 Å². The van der Waals surface area contributed by atoms with Gasteiger partial charge < -0.3 is 10.2 Å².